The lowest BCUT2D eigenvalue weighted by molar-refractivity contribution is 0.132. The Morgan fingerprint density at radius 1 is 1.03 bits per heavy atom. The molecule has 0 amide bonds. The number of hydrogen-bond acceptors (Lipinski definition) is 8. The number of hydrogen-bond donors (Lipinski definition) is 4. The Bertz CT molecular complexity index is 1190. The zero-order chi connectivity index (χ0) is 23.4. The maximum Gasteiger partial charge on any atom is 0.201 e. The molecule has 3 heterocycles. The molecule has 3 aromatic heterocycles. The zero-order valence-electron chi connectivity index (χ0n) is 19.0. The quantitative estimate of drug-likeness (QED) is 0.309. The minimum absolute atomic E-state index is 0.125. The summed E-state index contributed by atoms with van der Waals surface area (Å²) in [4.78, 5) is 4.39. The van der Waals surface area contributed by atoms with E-state index >= 15 is 0 Å². The molecule has 33 heavy (non-hydrogen) atoms. The van der Waals surface area contributed by atoms with E-state index in [9.17, 15) is 10.2 Å². The van der Waals surface area contributed by atoms with Crippen molar-refractivity contribution < 1.29 is 10.2 Å². The van der Waals surface area contributed by atoms with Crippen LogP contribution in [0.4, 0.5) is 11.5 Å². The van der Waals surface area contributed by atoms with Gasteiger partial charge in [-0.05, 0) is 24.6 Å². The summed E-state index contributed by atoms with van der Waals surface area (Å²) in [6.45, 7) is 6.04. The highest BCUT2D eigenvalue weighted by molar-refractivity contribution is 5.70. The van der Waals surface area contributed by atoms with Gasteiger partial charge >= 0.3 is 0 Å². The van der Waals surface area contributed by atoms with Gasteiger partial charge in [-0.2, -0.15) is 4.52 Å². The molecule has 0 aliphatic rings. The Labute approximate surface area is 192 Å². The number of pyridine rings is 1. The van der Waals surface area contributed by atoms with E-state index < -0.39 is 12.1 Å². The average molecular weight is 448 g/mol. The van der Waals surface area contributed by atoms with Crippen LogP contribution in [-0.4, -0.2) is 53.8 Å². The molecule has 0 unspecified atom stereocenters. The first-order valence-electron chi connectivity index (χ1n) is 11.0. The SMILES string of the molecule is CC(C)c1nnc2c(NCc3ccc(-c4ccccn4)cc3)cc(N[C@H](CO)[C@@H](C)O)nn12. The van der Waals surface area contributed by atoms with Crippen molar-refractivity contribution in [1.29, 1.82) is 0 Å². The fourth-order valence-corrected chi connectivity index (χ4v) is 3.49. The standard InChI is InChI=1S/C24H29N7O2/c1-15(2)23-28-29-24-20(12-22(30-31(23)24)27-21(14-32)16(3)33)26-13-17-7-9-18(10-8-17)19-6-4-5-11-25-19/h4-12,15-16,21,26,32-33H,13-14H2,1-3H3,(H,27,30)/t16-,21-/m1/s1. The van der Waals surface area contributed by atoms with Gasteiger partial charge in [-0.1, -0.05) is 44.2 Å². The van der Waals surface area contributed by atoms with Crippen molar-refractivity contribution in [2.75, 3.05) is 17.2 Å². The third kappa shape index (κ3) is 5.10. The van der Waals surface area contributed by atoms with Crippen LogP contribution in [0.25, 0.3) is 16.9 Å². The Morgan fingerprint density at radius 2 is 1.82 bits per heavy atom. The second-order valence-corrected chi connectivity index (χ2v) is 8.33. The maximum atomic E-state index is 9.91. The second kappa shape index (κ2) is 9.93. The number of anilines is 2. The number of benzene rings is 1. The molecule has 9 heteroatoms. The van der Waals surface area contributed by atoms with E-state index in [0.29, 0.717) is 18.0 Å². The van der Waals surface area contributed by atoms with E-state index in [1.807, 2.05) is 38.1 Å². The van der Waals surface area contributed by atoms with Crippen molar-refractivity contribution in [3.05, 3.63) is 66.1 Å². The maximum absolute atomic E-state index is 9.91. The van der Waals surface area contributed by atoms with Crippen LogP contribution in [0.5, 0.6) is 0 Å². The van der Waals surface area contributed by atoms with Gasteiger partial charge in [-0.3, -0.25) is 4.98 Å². The lowest BCUT2D eigenvalue weighted by atomic mass is 10.1. The van der Waals surface area contributed by atoms with E-state index in [4.69, 9.17) is 0 Å². The Kier molecular flexibility index (Phi) is 6.81. The van der Waals surface area contributed by atoms with Crippen LogP contribution in [0.15, 0.2) is 54.7 Å². The highest BCUT2D eigenvalue weighted by atomic mass is 16.3. The van der Waals surface area contributed by atoms with Gasteiger partial charge in [0.25, 0.3) is 0 Å². The molecule has 9 nitrogen and oxygen atoms in total. The van der Waals surface area contributed by atoms with Crippen molar-refractivity contribution >= 4 is 17.2 Å². The van der Waals surface area contributed by atoms with Crippen molar-refractivity contribution in [3.63, 3.8) is 0 Å². The third-order valence-corrected chi connectivity index (χ3v) is 5.42. The zero-order valence-corrected chi connectivity index (χ0v) is 19.0. The van der Waals surface area contributed by atoms with Gasteiger partial charge in [0.05, 0.1) is 30.1 Å². The molecule has 1 aromatic carbocycles. The van der Waals surface area contributed by atoms with Crippen LogP contribution in [-0.2, 0) is 6.54 Å². The number of aliphatic hydroxyl groups excluding tert-OH is 2. The summed E-state index contributed by atoms with van der Waals surface area (Å²) in [6.07, 6.45) is 1.04. The van der Waals surface area contributed by atoms with Gasteiger partial charge < -0.3 is 20.8 Å². The predicted molar refractivity (Wildman–Crippen MR) is 128 cm³/mol. The third-order valence-electron chi connectivity index (χ3n) is 5.42. The highest BCUT2D eigenvalue weighted by Gasteiger charge is 2.19. The van der Waals surface area contributed by atoms with E-state index in [0.717, 1.165) is 28.3 Å². The number of rotatable bonds is 9. The van der Waals surface area contributed by atoms with Crippen molar-refractivity contribution in [3.8, 4) is 11.3 Å². The molecule has 4 N–H and O–H groups in total. The first kappa shape index (κ1) is 22.6. The predicted octanol–water partition coefficient (Wildman–Crippen LogP) is 3.08. The number of aromatic nitrogens is 5. The fraction of sp³-hybridized carbons (Fsp3) is 0.333. The molecule has 0 saturated heterocycles. The Morgan fingerprint density at radius 3 is 2.45 bits per heavy atom. The molecule has 0 spiro atoms. The van der Waals surface area contributed by atoms with Gasteiger partial charge in [-0.15, -0.1) is 15.3 Å². The number of aliphatic hydroxyl groups is 2. The molecule has 4 rings (SSSR count). The van der Waals surface area contributed by atoms with Gasteiger partial charge in [0.1, 0.15) is 5.82 Å². The Balaban J connectivity index is 1.59. The summed E-state index contributed by atoms with van der Waals surface area (Å²) in [5.41, 5.74) is 4.46. The molecule has 0 saturated carbocycles. The number of nitrogens with one attached hydrogen (secondary N) is 2. The molecule has 0 aliphatic carbocycles. The van der Waals surface area contributed by atoms with Gasteiger partial charge in [0.2, 0.25) is 5.65 Å². The normalized spacial score (nSPS) is 13.3. The molecule has 4 aromatic rings. The fourth-order valence-electron chi connectivity index (χ4n) is 3.49. The number of fused-ring (bicyclic) bond motifs is 1. The topological polar surface area (TPSA) is 120 Å². The van der Waals surface area contributed by atoms with E-state index in [1.54, 1.807) is 17.6 Å². The summed E-state index contributed by atoms with van der Waals surface area (Å²) in [6, 6.07) is 15.4. The minimum atomic E-state index is -0.744. The first-order valence-corrected chi connectivity index (χ1v) is 11.0. The van der Waals surface area contributed by atoms with Crippen LogP contribution < -0.4 is 10.6 Å². The first-order chi connectivity index (χ1) is 16.0. The molecule has 172 valence electrons. The lowest BCUT2D eigenvalue weighted by Crippen LogP contribution is -2.35. The summed E-state index contributed by atoms with van der Waals surface area (Å²) < 4.78 is 1.70. The lowest BCUT2D eigenvalue weighted by Gasteiger charge is -2.20. The Hall–Kier alpha value is -3.56. The van der Waals surface area contributed by atoms with Gasteiger partial charge in [0, 0.05) is 30.3 Å². The molecule has 2 atom stereocenters. The van der Waals surface area contributed by atoms with E-state index in [1.165, 1.54) is 0 Å². The largest absolute Gasteiger partial charge is 0.394 e. The van der Waals surface area contributed by atoms with Crippen LogP contribution in [0.3, 0.4) is 0 Å². The molecular formula is C24H29N7O2. The molecular weight excluding hydrogens is 418 g/mol. The number of nitrogens with zero attached hydrogens (tertiary/aromatic N) is 5. The smallest absolute Gasteiger partial charge is 0.201 e. The van der Waals surface area contributed by atoms with E-state index in [-0.39, 0.29) is 12.5 Å². The van der Waals surface area contributed by atoms with Crippen LogP contribution in [0.2, 0.25) is 0 Å². The summed E-state index contributed by atoms with van der Waals surface area (Å²) >= 11 is 0. The second-order valence-electron chi connectivity index (χ2n) is 8.33. The molecule has 0 radical (unpaired) electrons. The van der Waals surface area contributed by atoms with E-state index in [2.05, 4.69) is 55.2 Å². The monoisotopic (exact) mass is 447 g/mol. The van der Waals surface area contributed by atoms with Crippen molar-refractivity contribution in [2.45, 2.75) is 45.4 Å². The molecule has 0 fully saturated rings. The minimum Gasteiger partial charge on any atom is -0.394 e. The molecule has 0 aliphatic heterocycles. The van der Waals surface area contributed by atoms with Gasteiger partial charge in [0.15, 0.2) is 5.82 Å². The average Bonchev–Trinajstić information content (AvgIpc) is 3.26. The van der Waals surface area contributed by atoms with Crippen LogP contribution in [0, 0.1) is 0 Å². The van der Waals surface area contributed by atoms with Crippen molar-refractivity contribution in [1.82, 2.24) is 24.8 Å². The van der Waals surface area contributed by atoms with Crippen LogP contribution >= 0.6 is 0 Å². The van der Waals surface area contributed by atoms with Gasteiger partial charge in [-0.25, -0.2) is 0 Å². The highest BCUT2D eigenvalue weighted by Crippen LogP contribution is 2.24. The summed E-state index contributed by atoms with van der Waals surface area (Å²) in [7, 11) is 0. The van der Waals surface area contributed by atoms with Crippen molar-refractivity contribution in [2.24, 2.45) is 0 Å². The summed E-state index contributed by atoms with van der Waals surface area (Å²) in [5, 5.41) is 39.3. The van der Waals surface area contributed by atoms with Crippen LogP contribution in [0.1, 0.15) is 38.1 Å². The summed E-state index contributed by atoms with van der Waals surface area (Å²) in [5.74, 6) is 1.37. The molecule has 0 bridgehead atoms.